The van der Waals surface area contributed by atoms with Gasteiger partial charge in [-0.25, -0.2) is 0 Å². The Morgan fingerprint density at radius 2 is 2.08 bits per heavy atom. The number of allylic oxidation sites excluding steroid dienone is 4. The lowest BCUT2D eigenvalue weighted by Gasteiger charge is -2.01. The van der Waals surface area contributed by atoms with Crippen LogP contribution in [0, 0.1) is 5.92 Å². The van der Waals surface area contributed by atoms with Crippen molar-refractivity contribution >= 4 is 0 Å². The van der Waals surface area contributed by atoms with Crippen LogP contribution in [0.2, 0.25) is 0 Å². The Balaban J connectivity index is 4.00. The van der Waals surface area contributed by atoms with Crippen LogP contribution in [0.3, 0.4) is 0 Å². The van der Waals surface area contributed by atoms with Crippen LogP contribution in [0.25, 0.3) is 0 Å². The molecule has 0 rings (SSSR count). The molecule has 68 valence electrons. The predicted octanol–water partition coefficient (Wildman–Crippen LogP) is 2.66. The van der Waals surface area contributed by atoms with Gasteiger partial charge in [-0.05, 0) is 12.8 Å². The third-order valence-corrected chi connectivity index (χ3v) is 1.75. The fraction of sp³-hybridized carbons (Fsp3) is 0.455. The van der Waals surface area contributed by atoms with Gasteiger partial charge >= 0.3 is 0 Å². The first-order chi connectivity index (χ1) is 5.57. The summed E-state index contributed by atoms with van der Waals surface area (Å²) in [6.07, 6.45) is 6.06. The first-order valence-electron chi connectivity index (χ1n) is 4.30. The molecule has 0 atom stereocenters. The van der Waals surface area contributed by atoms with E-state index >= 15 is 0 Å². The minimum Gasteiger partial charge on any atom is -0.327 e. The van der Waals surface area contributed by atoms with Crippen molar-refractivity contribution in [1.29, 1.82) is 0 Å². The van der Waals surface area contributed by atoms with Crippen LogP contribution >= 0.6 is 0 Å². The maximum absolute atomic E-state index is 5.42. The van der Waals surface area contributed by atoms with Crippen LogP contribution in [0.1, 0.15) is 20.8 Å². The third-order valence-electron chi connectivity index (χ3n) is 1.75. The van der Waals surface area contributed by atoms with Crippen molar-refractivity contribution in [1.82, 2.24) is 0 Å². The summed E-state index contributed by atoms with van der Waals surface area (Å²) >= 11 is 0. The van der Waals surface area contributed by atoms with Crippen molar-refractivity contribution in [3.63, 3.8) is 0 Å². The monoisotopic (exact) mass is 165 g/mol. The molecule has 0 amide bonds. The van der Waals surface area contributed by atoms with E-state index in [0.717, 1.165) is 5.57 Å². The average molecular weight is 165 g/mol. The van der Waals surface area contributed by atoms with Crippen LogP contribution in [-0.2, 0) is 0 Å². The molecule has 0 aromatic carbocycles. The molecule has 0 heterocycles. The van der Waals surface area contributed by atoms with Crippen LogP contribution < -0.4 is 5.73 Å². The standard InChI is InChI=1S/C11H19N/c1-9(2)11(4)7-5-6-10(3)8-12/h5-7,9H,4,8,12H2,1-3H3/b7-5-,10-6+. The second-order valence-electron chi connectivity index (χ2n) is 3.31. The van der Waals surface area contributed by atoms with E-state index in [-0.39, 0.29) is 0 Å². The topological polar surface area (TPSA) is 26.0 Å². The van der Waals surface area contributed by atoms with Crippen molar-refractivity contribution < 1.29 is 0 Å². The molecule has 0 unspecified atom stereocenters. The molecule has 0 aliphatic rings. The van der Waals surface area contributed by atoms with Gasteiger partial charge in [-0.1, -0.05) is 49.8 Å². The number of hydrogen-bond donors (Lipinski definition) is 1. The molecule has 0 aliphatic heterocycles. The van der Waals surface area contributed by atoms with E-state index < -0.39 is 0 Å². The first-order valence-corrected chi connectivity index (χ1v) is 4.30. The molecule has 0 aromatic heterocycles. The van der Waals surface area contributed by atoms with Gasteiger partial charge in [0.05, 0.1) is 0 Å². The van der Waals surface area contributed by atoms with Gasteiger partial charge in [-0.15, -0.1) is 0 Å². The fourth-order valence-electron chi connectivity index (χ4n) is 0.596. The van der Waals surface area contributed by atoms with Crippen LogP contribution in [0.4, 0.5) is 0 Å². The highest BCUT2D eigenvalue weighted by molar-refractivity contribution is 5.22. The van der Waals surface area contributed by atoms with Gasteiger partial charge in [-0.3, -0.25) is 0 Å². The van der Waals surface area contributed by atoms with E-state index in [1.807, 2.05) is 25.2 Å². The summed E-state index contributed by atoms with van der Waals surface area (Å²) < 4.78 is 0. The zero-order valence-corrected chi connectivity index (χ0v) is 8.30. The van der Waals surface area contributed by atoms with Crippen LogP contribution in [-0.4, -0.2) is 6.54 Å². The Hall–Kier alpha value is -0.820. The Labute approximate surface area is 75.7 Å². The summed E-state index contributed by atoms with van der Waals surface area (Å²) in [7, 11) is 0. The molecule has 2 N–H and O–H groups in total. The molecular weight excluding hydrogens is 146 g/mol. The summed E-state index contributed by atoms with van der Waals surface area (Å²) in [6, 6.07) is 0. The molecule has 0 fully saturated rings. The molecular formula is C11H19N. The van der Waals surface area contributed by atoms with E-state index in [4.69, 9.17) is 5.73 Å². The number of nitrogens with two attached hydrogens (primary N) is 1. The van der Waals surface area contributed by atoms with Gasteiger partial charge in [0.15, 0.2) is 0 Å². The van der Waals surface area contributed by atoms with Gasteiger partial charge in [-0.2, -0.15) is 0 Å². The van der Waals surface area contributed by atoms with Gasteiger partial charge in [0.25, 0.3) is 0 Å². The summed E-state index contributed by atoms with van der Waals surface area (Å²) in [4.78, 5) is 0. The second kappa shape index (κ2) is 5.78. The lowest BCUT2D eigenvalue weighted by molar-refractivity contribution is 0.795. The van der Waals surface area contributed by atoms with Crippen LogP contribution in [0.5, 0.6) is 0 Å². The summed E-state index contributed by atoms with van der Waals surface area (Å²) in [5.74, 6) is 0.521. The average Bonchev–Trinajstić information content (AvgIpc) is 2.03. The minimum absolute atomic E-state index is 0.521. The van der Waals surface area contributed by atoms with Crippen LogP contribution in [0.15, 0.2) is 36.0 Å². The van der Waals surface area contributed by atoms with E-state index in [0.29, 0.717) is 12.5 Å². The molecule has 0 aromatic rings. The Bertz CT molecular complexity index is 197. The van der Waals surface area contributed by atoms with E-state index in [2.05, 4.69) is 20.4 Å². The summed E-state index contributed by atoms with van der Waals surface area (Å²) in [5.41, 5.74) is 7.76. The van der Waals surface area contributed by atoms with Crippen molar-refractivity contribution in [2.24, 2.45) is 11.7 Å². The van der Waals surface area contributed by atoms with E-state index in [1.54, 1.807) is 0 Å². The van der Waals surface area contributed by atoms with Gasteiger partial charge < -0.3 is 5.73 Å². The molecule has 0 saturated heterocycles. The van der Waals surface area contributed by atoms with Gasteiger partial charge in [0, 0.05) is 6.54 Å². The Morgan fingerprint density at radius 3 is 2.50 bits per heavy atom. The minimum atomic E-state index is 0.521. The molecule has 12 heavy (non-hydrogen) atoms. The summed E-state index contributed by atoms with van der Waals surface area (Å²) in [6.45, 7) is 10.8. The number of hydrogen-bond acceptors (Lipinski definition) is 1. The predicted molar refractivity (Wildman–Crippen MR) is 55.9 cm³/mol. The summed E-state index contributed by atoms with van der Waals surface area (Å²) in [5, 5.41) is 0. The molecule has 1 nitrogen and oxygen atoms in total. The maximum atomic E-state index is 5.42. The van der Waals surface area contributed by atoms with Gasteiger partial charge in [0.2, 0.25) is 0 Å². The molecule has 0 spiro atoms. The second-order valence-corrected chi connectivity index (χ2v) is 3.31. The SMILES string of the molecule is C=C(/C=C\C=C(/C)CN)C(C)C. The van der Waals surface area contributed by atoms with Crippen molar-refractivity contribution in [2.45, 2.75) is 20.8 Å². The number of rotatable bonds is 4. The molecule has 0 aliphatic carbocycles. The zero-order chi connectivity index (χ0) is 9.56. The first kappa shape index (κ1) is 11.2. The van der Waals surface area contributed by atoms with Gasteiger partial charge in [0.1, 0.15) is 0 Å². The zero-order valence-electron chi connectivity index (χ0n) is 8.30. The lowest BCUT2D eigenvalue weighted by Crippen LogP contribution is -1.98. The van der Waals surface area contributed by atoms with E-state index in [9.17, 15) is 0 Å². The Morgan fingerprint density at radius 1 is 1.50 bits per heavy atom. The maximum Gasteiger partial charge on any atom is 0.0137 e. The fourth-order valence-corrected chi connectivity index (χ4v) is 0.596. The molecule has 0 radical (unpaired) electrons. The Kier molecular flexibility index (Phi) is 5.39. The lowest BCUT2D eigenvalue weighted by atomic mass is 10.1. The quantitative estimate of drug-likeness (QED) is 0.637. The third kappa shape index (κ3) is 4.91. The smallest absolute Gasteiger partial charge is 0.0137 e. The molecule has 1 heteroatoms. The highest BCUT2D eigenvalue weighted by atomic mass is 14.5. The van der Waals surface area contributed by atoms with Crippen molar-refractivity contribution in [3.05, 3.63) is 36.0 Å². The molecule has 0 bridgehead atoms. The molecule has 0 saturated carbocycles. The normalized spacial score (nSPS) is 12.9. The highest BCUT2D eigenvalue weighted by Crippen LogP contribution is 2.07. The van der Waals surface area contributed by atoms with Crippen molar-refractivity contribution in [2.75, 3.05) is 6.54 Å². The largest absolute Gasteiger partial charge is 0.327 e. The van der Waals surface area contributed by atoms with Crippen molar-refractivity contribution in [3.8, 4) is 0 Å². The highest BCUT2D eigenvalue weighted by Gasteiger charge is 1.92. The van der Waals surface area contributed by atoms with E-state index in [1.165, 1.54) is 5.57 Å².